The molecule has 1 fully saturated rings. The van der Waals surface area contributed by atoms with Crippen LogP contribution in [0.4, 0.5) is 4.79 Å². The molecule has 0 spiro atoms. The number of carbonyl (C=O) groups excluding carboxylic acids is 2. The van der Waals surface area contributed by atoms with E-state index in [1.165, 1.54) is 7.11 Å². The highest BCUT2D eigenvalue weighted by Gasteiger charge is 2.31. The fourth-order valence-electron chi connectivity index (χ4n) is 2.69. The predicted molar refractivity (Wildman–Crippen MR) is 81.2 cm³/mol. The van der Waals surface area contributed by atoms with E-state index in [2.05, 4.69) is 5.32 Å². The van der Waals surface area contributed by atoms with Crippen LogP contribution in [0, 0.1) is 5.92 Å². The summed E-state index contributed by atoms with van der Waals surface area (Å²) in [4.78, 5) is 25.5. The third-order valence-corrected chi connectivity index (χ3v) is 3.70. The second-order valence-electron chi connectivity index (χ2n) is 5.58. The molecule has 1 unspecified atom stereocenters. The Morgan fingerprint density at radius 2 is 2.00 bits per heavy atom. The van der Waals surface area contributed by atoms with Crippen LogP contribution in [0.15, 0.2) is 30.3 Å². The number of likely N-dealkylation sites (N-methyl/N-ethyl adjacent to an activating group) is 1. The van der Waals surface area contributed by atoms with Crippen LogP contribution in [-0.2, 0) is 20.9 Å². The van der Waals surface area contributed by atoms with Crippen LogP contribution in [0.3, 0.4) is 0 Å². The van der Waals surface area contributed by atoms with Gasteiger partial charge in [-0.15, -0.1) is 0 Å². The molecule has 0 bridgehead atoms. The Labute approximate surface area is 130 Å². The highest BCUT2D eigenvalue weighted by Crippen LogP contribution is 2.17. The van der Waals surface area contributed by atoms with Gasteiger partial charge in [-0.25, -0.2) is 4.79 Å². The molecule has 1 saturated heterocycles. The van der Waals surface area contributed by atoms with Crippen LogP contribution in [-0.4, -0.2) is 50.3 Å². The Morgan fingerprint density at radius 1 is 1.27 bits per heavy atom. The Balaban J connectivity index is 1.81. The molecule has 22 heavy (non-hydrogen) atoms. The minimum absolute atomic E-state index is 0.119. The summed E-state index contributed by atoms with van der Waals surface area (Å²) >= 11 is 0. The Morgan fingerprint density at radius 3 is 2.68 bits per heavy atom. The molecule has 1 aliphatic rings. The molecule has 1 N–H and O–H groups in total. The van der Waals surface area contributed by atoms with Gasteiger partial charge in [-0.3, -0.25) is 4.79 Å². The van der Waals surface area contributed by atoms with Crippen molar-refractivity contribution in [2.24, 2.45) is 5.92 Å². The molecular weight excluding hydrogens is 284 g/mol. The van der Waals surface area contributed by atoms with Gasteiger partial charge in [0.15, 0.2) is 0 Å². The summed E-state index contributed by atoms with van der Waals surface area (Å²) in [6.45, 7) is 1.56. The van der Waals surface area contributed by atoms with E-state index in [4.69, 9.17) is 9.47 Å². The van der Waals surface area contributed by atoms with Crippen LogP contribution in [0.25, 0.3) is 0 Å². The molecule has 1 amide bonds. The van der Waals surface area contributed by atoms with Crippen molar-refractivity contribution >= 4 is 12.1 Å². The lowest BCUT2D eigenvalue weighted by molar-refractivity contribution is -0.147. The smallest absolute Gasteiger partial charge is 0.407 e. The maximum atomic E-state index is 11.9. The Hall–Kier alpha value is -2.08. The Kier molecular flexibility index (Phi) is 5.77. The first kappa shape index (κ1) is 16.3. The molecule has 120 valence electrons. The number of esters is 1. The molecular formula is C16H22N2O4. The van der Waals surface area contributed by atoms with Crippen molar-refractivity contribution in [2.45, 2.75) is 19.1 Å². The Bertz CT molecular complexity index is 506. The van der Waals surface area contributed by atoms with Gasteiger partial charge in [-0.2, -0.15) is 0 Å². The zero-order valence-electron chi connectivity index (χ0n) is 13.0. The van der Waals surface area contributed by atoms with E-state index in [1.807, 2.05) is 42.3 Å². The number of nitrogens with one attached hydrogen (secondary N) is 1. The second kappa shape index (κ2) is 7.79. The molecule has 6 nitrogen and oxygen atoms in total. The molecule has 1 heterocycles. The molecule has 1 aromatic carbocycles. The third kappa shape index (κ3) is 4.73. The average Bonchev–Trinajstić information content (AvgIpc) is 2.52. The van der Waals surface area contributed by atoms with E-state index in [-0.39, 0.29) is 24.5 Å². The minimum atomic E-state index is -0.465. The minimum Gasteiger partial charge on any atom is -0.469 e. The fraction of sp³-hybridized carbons (Fsp3) is 0.500. The first-order chi connectivity index (χ1) is 10.6. The molecule has 6 heteroatoms. The number of hydrogen-bond acceptors (Lipinski definition) is 5. The van der Waals surface area contributed by atoms with Gasteiger partial charge in [0, 0.05) is 19.1 Å². The van der Waals surface area contributed by atoms with E-state index >= 15 is 0 Å². The third-order valence-electron chi connectivity index (χ3n) is 3.70. The van der Waals surface area contributed by atoms with E-state index < -0.39 is 6.09 Å². The number of methoxy groups -OCH3 is 1. The zero-order chi connectivity index (χ0) is 15.9. The van der Waals surface area contributed by atoms with Gasteiger partial charge in [-0.1, -0.05) is 30.3 Å². The average molecular weight is 306 g/mol. The molecule has 0 saturated carbocycles. The van der Waals surface area contributed by atoms with Crippen molar-refractivity contribution in [1.29, 1.82) is 0 Å². The summed E-state index contributed by atoms with van der Waals surface area (Å²) in [6.07, 6.45) is 0.102. The highest BCUT2D eigenvalue weighted by molar-refractivity contribution is 5.73. The summed E-state index contributed by atoms with van der Waals surface area (Å²) in [6, 6.07) is 9.38. The van der Waals surface area contributed by atoms with Crippen LogP contribution >= 0.6 is 0 Å². The van der Waals surface area contributed by atoms with Crippen LogP contribution in [0.5, 0.6) is 0 Å². The number of ether oxygens (including phenoxy) is 2. The number of hydrogen-bond donors (Lipinski definition) is 1. The van der Waals surface area contributed by atoms with Gasteiger partial charge in [0.1, 0.15) is 6.61 Å². The van der Waals surface area contributed by atoms with Gasteiger partial charge < -0.3 is 19.7 Å². The number of nitrogens with zero attached hydrogens (tertiary/aromatic N) is 1. The first-order valence-electron chi connectivity index (χ1n) is 7.32. The van der Waals surface area contributed by atoms with Gasteiger partial charge in [0.25, 0.3) is 0 Å². The molecule has 1 aliphatic heterocycles. The van der Waals surface area contributed by atoms with Crippen molar-refractivity contribution in [2.75, 3.05) is 27.2 Å². The first-order valence-corrected chi connectivity index (χ1v) is 7.32. The molecule has 2 rings (SSSR count). The number of rotatable bonds is 4. The summed E-state index contributed by atoms with van der Waals surface area (Å²) in [5.74, 6) is -0.459. The molecule has 0 aromatic heterocycles. The summed E-state index contributed by atoms with van der Waals surface area (Å²) < 4.78 is 9.99. The van der Waals surface area contributed by atoms with E-state index in [1.54, 1.807) is 0 Å². The SMILES string of the molecule is COC(=O)C1C[C@H](NC(=O)OCc2ccccc2)CN(C)C1. The van der Waals surface area contributed by atoms with Crippen molar-refractivity contribution in [1.82, 2.24) is 10.2 Å². The molecule has 1 aromatic rings. The lowest BCUT2D eigenvalue weighted by atomic mass is 9.95. The van der Waals surface area contributed by atoms with Crippen molar-refractivity contribution in [3.8, 4) is 0 Å². The largest absolute Gasteiger partial charge is 0.469 e. The van der Waals surface area contributed by atoms with Crippen LogP contribution in [0.2, 0.25) is 0 Å². The molecule has 0 aliphatic carbocycles. The number of piperidine rings is 1. The quantitative estimate of drug-likeness (QED) is 0.852. The van der Waals surface area contributed by atoms with Crippen molar-refractivity contribution < 1.29 is 19.1 Å². The topological polar surface area (TPSA) is 67.9 Å². The van der Waals surface area contributed by atoms with Crippen LogP contribution < -0.4 is 5.32 Å². The standard InChI is InChI=1S/C16H22N2O4/c1-18-9-13(15(19)21-2)8-14(10-18)17-16(20)22-11-12-6-4-3-5-7-12/h3-7,13-14H,8-11H2,1-2H3,(H,17,20)/t13?,14-/m0/s1. The van der Waals surface area contributed by atoms with E-state index in [0.717, 1.165) is 5.56 Å². The molecule has 2 atom stereocenters. The van der Waals surface area contributed by atoms with Gasteiger partial charge in [0.05, 0.1) is 13.0 Å². The monoisotopic (exact) mass is 306 g/mol. The van der Waals surface area contributed by atoms with Gasteiger partial charge in [-0.05, 0) is 19.0 Å². The number of carbonyl (C=O) groups is 2. The number of amides is 1. The summed E-state index contributed by atoms with van der Waals surface area (Å²) in [5, 5.41) is 2.82. The number of likely N-dealkylation sites (tertiary alicyclic amines) is 1. The van der Waals surface area contributed by atoms with Gasteiger partial charge in [0.2, 0.25) is 0 Å². The number of benzene rings is 1. The van der Waals surface area contributed by atoms with E-state index in [0.29, 0.717) is 19.5 Å². The normalized spacial score (nSPS) is 21.9. The maximum absolute atomic E-state index is 11.9. The van der Waals surface area contributed by atoms with Crippen LogP contribution in [0.1, 0.15) is 12.0 Å². The predicted octanol–water partition coefficient (Wildman–Crippen LogP) is 1.41. The van der Waals surface area contributed by atoms with Crippen molar-refractivity contribution in [3.05, 3.63) is 35.9 Å². The lowest BCUT2D eigenvalue weighted by Gasteiger charge is -2.34. The van der Waals surface area contributed by atoms with Gasteiger partial charge >= 0.3 is 12.1 Å². The lowest BCUT2D eigenvalue weighted by Crippen LogP contribution is -2.51. The summed E-state index contributed by atoms with van der Waals surface area (Å²) in [7, 11) is 3.30. The fourth-order valence-corrected chi connectivity index (χ4v) is 2.69. The van der Waals surface area contributed by atoms with E-state index in [9.17, 15) is 9.59 Å². The van der Waals surface area contributed by atoms with Crippen molar-refractivity contribution in [3.63, 3.8) is 0 Å². The second-order valence-corrected chi connectivity index (χ2v) is 5.58. The number of alkyl carbamates (subject to hydrolysis) is 1. The zero-order valence-corrected chi connectivity index (χ0v) is 13.0. The maximum Gasteiger partial charge on any atom is 0.407 e. The highest BCUT2D eigenvalue weighted by atomic mass is 16.5. The summed E-state index contributed by atoms with van der Waals surface area (Å²) in [5.41, 5.74) is 0.936. The molecule has 0 radical (unpaired) electrons.